The summed E-state index contributed by atoms with van der Waals surface area (Å²) in [5.74, 6) is -0.249. The number of furan rings is 1. The molecule has 0 aliphatic carbocycles. The van der Waals surface area contributed by atoms with E-state index in [-0.39, 0.29) is 36.6 Å². The summed E-state index contributed by atoms with van der Waals surface area (Å²) in [6, 6.07) is 3.02. The van der Waals surface area contributed by atoms with Crippen LogP contribution in [0.15, 0.2) is 22.8 Å². The summed E-state index contributed by atoms with van der Waals surface area (Å²) in [5, 5.41) is 2.79. The first-order chi connectivity index (χ1) is 12.7. The predicted octanol–water partition coefficient (Wildman–Crippen LogP) is 2.81. The molecule has 0 bridgehead atoms. The van der Waals surface area contributed by atoms with Crippen LogP contribution in [0, 0.1) is 13.8 Å². The summed E-state index contributed by atoms with van der Waals surface area (Å²) in [4.78, 5) is 41.5. The second-order valence-corrected chi connectivity index (χ2v) is 6.58. The molecular weight excluding hydrogens is 350 g/mol. The summed E-state index contributed by atoms with van der Waals surface area (Å²) in [7, 11) is 1.28. The Kier molecular flexibility index (Phi) is 6.44. The van der Waals surface area contributed by atoms with Crippen molar-refractivity contribution in [3.05, 3.63) is 46.7 Å². The number of aryl methyl sites for hydroxylation is 1. The number of aromatic amines is 1. The summed E-state index contributed by atoms with van der Waals surface area (Å²) in [6.07, 6.45) is 1.51. The first kappa shape index (κ1) is 20.3. The summed E-state index contributed by atoms with van der Waals surface area (Å²) < 4.78 is 10.0. The lowest BCUT2D eigenvalue weighted by Gasteiger charge is -2.23. The zero-order chi connectivity index (χ0) is 20.1. The van der Waals surface area contributed by atoms with Crippen molar-refractivity contribution < 1.29 is 23.5 Å². The average molecular weight is 375 g/mol. The Labute approximate surface area is 157 Å². The highest BCUT2D eigenvalue weighted by molar-refractivity contribution is 6.04. The molecule has 2 N–H and O–H groups in total. The van der Waals surface area contributed by atoms with E-state index in [0.717, 1.165) is 0 Å². The van der Waals surface area contributed by atoms with Crippen LogP contribution in [0.1, 0.15) is 51.7 Å². The van der Waals surface area contributed by atoms with Gasteiger partial charge in [0.05, 0.1) is 26.5 Å². The van der Waals surface area contributed by atoms with Crippen LogP contribution in [-0.4, -0.2) is 47.4 Å². The smallest absolute Gasteiger partial charge is 0.354 e. The van der Waals surface area contributed by atoms with E-state index in [1.807, 2.05) is 13.8 Å². The predicted molar refractivity (Wildman–Crippen MR) is 98.7 cm³/mol. The van der Waals surface area contributed by atoms with Crippen molar-refractivity contribution in [3.8, 4) is 0 Å². The number of hydrogen-bond donors (Lipinski definition) is 2. The Balaban J connectivity index is 2.26. The quantitative estimate of drug-likeness (QED) is 0.572. The third-order valence-corrected chi connectivity index (χ3v) is 4.07. The van der Waals surface area contributed by atoms with Gasteiger partial charge in [-0.25, -0.2) is 9.59 Å². The minimum Gasteiger partial charge on any atom is -0.467 e. The molecule has 0 radical (unpaired) electrons. The molecule has 8 heteroatoms. The molecule has 0 aliphatic heterocycles. The van der Waals surface area contributed by atoms with E-state index < -0.39 is 5.97 Å². The summed E-state index contributed by atoms with van der Waals surface area (Å²) in [5.41, 5.74) is 1.69. The number of carbonyl (C=O) groups excluding carboxylic acids is 3. The van der Waals surface area contributed by atoms with Gasteiger partial charge < -0.3 is 24.4 Å². The van der Waals surface area contributed by atoms with Crippen LogP contribution < -0.4 is 5.32 Å². The Morgan fingerprint density at radius 2 is 2.00 bits per heavy atom. The van der Waals surface area contributed by atoms with E-state index in [9.17, 15) is 14.4 Å². The molecule has 2 aromatic heterocycles. The number of hydrogen-bond acceptors (Lipinski definition) is 5. The normalized spacial score (nSPS) is 10.7. The Bertz CT molecular complexity index is 821. The molecule has 0 saturated carbocycles. The van der Waals surface area contributed by atoms with Crippen molar-refractivity contribution in [3.63, 3.8) is 0 Å². The molecule has 2 heterocycles. The van der Waals surface area contributed by atoms with Gasteiger partial charge in [0.2, 0.25) is 0 Å². The number of H-pyrrole nitrogens is 1. The highest BCUT2D eigenvalue weighted by Crippen LogP contribution is 2.20. The van der Waals surface area contributed by atoms with Crippen molar-refractivity contribution in [2.45, 2.75) is 40.3 Å². The van der Waals surface area contributed by atoms with Gasteiger partial charge in [-0.3, -0.25) is 4.79 Å². The molecule has 0 aromatic carbocycles. The van der Waals surface area contributed by atoms with Gasteiger partial charge >= 0.3 is 12.0 Å². The zero-order valence-electron chi connectivity index (χ0n) is 16.2. The van der Waals surface area contributed by atoms with Gasteiger partial charge in [-0.15, -0.1) is 0 Å². The number of Topliss-reactive ketones (excluding diaryl/α,β-unsaturated/α-hetero) is 1. The maximum Gasteiger partial charge on any atom is 0.354 e. The van der Waals surface area contributed by atoms with E-state index in [0.29, 0.717) is 22.6 Å². The minimum atomic E-state index is -0.542. The third-order valence-electron chi connectivity index (χ3n) is 4.07. The molecule has 0 saturated heterocycles. The molecule has 0 atom stereocenters. The Hall–Kier alpha value is -3.03. The number of nitrogens with zero attached hydrogens (tertiary/aromatic N) is 1. The van der Waals surface area contributed by atoms with Crippen molar-refractivity contribution in [2.75, 3.05) is 13.7 Å². The second kappa shape index (κ2) is 8.57. The van der Waals surface area contributed by atoms with Gasteiger partial charge in [-0.1, -0.05) is 0 Å². The number of aromatic nitrogens is 1. The number of ether oxygens (including phenoxy) is 1. The van der Waals surface area contributed by atoms with E-state index >= 15 is 0 Å². The van der Waals surface area contributed by atoms with Gasteiger partial charge in [0.1, 0.15) is 11.5 Å². The fourth-order valence-electron chi connectivity index (χ4n) is 2.86. The first-order valence-corrected chi connectivity index (χ1v) is 8.63. The first-order valence-electron chi connectivity index (χ1n) is 8.63. The van der Waals surface area contributed by atoms with Gasteiger partial charge in [0, 0.05) is 17.3 Å². The number of rotatable bonds is 7. The molecule has 2 amide bonds. The maximum atomic E-state index is 12.9. The molecule has 146 valence electrons. The van der Waals surface area contributed by atoms with Gasteiger partial charge in [-0.2, -0.15) is 0 Å². The van der Waals surface area contributed by atoms with Crippen LogP contribution in [-0.2, 0) is 11.3 Å². The number of esters is 1. The standard InChI is InChI=1S/C19H25N3O5/c1-11(2)20-19(25)22(9-14-7-6-8-27-14)10-15(23)16-12(3)17(18(24)26-5)21-13(16)4/h6-8,11,21H,9-10H2,1-5H3,(H,20,25). The monoisotopic (exact) mass is 375 g/mol. The van der Waals surface area contributed by atoms with Crippen molar-refractivity contribution in [2.24, 2.45) is 0 Å². The fourth-order valence-corrected chi connectivity index (χ4v) is 2.86. The largest absolute Gasteiger partial charge is 0.467 e. The number of ketones is 1. The van der Waals surface area contributed by atoms with Gasteiger partial charge in [-0.05, 0) is 45.4 Å². The molecule has 0 spiro atoms. The SMILES string of the molecule is COC(=O)c1[nH]c(C)c(C(=O)CN(Cc2ccco2)C(=O)NC(C)C)c1C. The molecule has 0 unspecified atom stereocenters. The van der Waals surface area contributed by atoms with Crippen LogP contribution in [0.25, 0.3) is 0 Å². The third kappa shape index (κ3) is 4.78. The highest BCUT2D eigenvalue weighted by atomic mass is 16.5. The van der Waals surface area contributed by atoms with Crippen LogP contribution >= 0.6 is 0 Å². The average Bonchev–Trinajstić information content (AvgIpc) is 3.20. The second-order valence-electron chi connectivity index (χ2n) is 6.58. The molecule has 2 rings (SSSR count). The van der Waals surface area contributed by atoms with Gasteiger partial charge in [0.25, 0.3) is 0 Å². The lowest BCUT2D eigenvalue weighted by molar-refractivity contribution is 0.0593. The van der Waals surface area contributed by atoms with Crippen molar-refractivity contribution in [1.29, 1.82) is 0 Å². The van der Waals surface area contributed by atoms with Crippen LogP contribution in [0.3, 0.4) is 0 Å². The summed E-state index contributed by atoms with van der Waals surface area (Å²) in [6.45, 7) is 7.07. The van der Waals surface area contributed by atoms with Crippen molar-refractivity contribution in [1.82, 2.24) is 15.2 Å². The molecular formula is C19H25N3O5. The van der Waals surface area contributed by atoms with Crippen LogP contribution in [0.4, 0.5) is 4.79 Å². The number of carbonyl (C=O) groups is 3. The van der Waals surface area contributed by atoms with E-state index in [4.69, 9.17) is 9.15 Å². The van der Waals surface area contributed by atoms with Crippen LogP contribution in [0.2, 0.25) is 0 Å². The maximum absolute atomic E-state index is 12.9. The number of amides is 2. The molecule has 0 aliphatic rings. The number of urea groups is 1. The topological polar surface area (TPSA) is 105 Å². The molecule has 27 heavy (non-hydrogen) atoms. The highest BCUT2D eigenvalue weighted by Gasteiger charge is 2.26. The van der Waals surface area contributed by atoms with Crippen molar-refractivity contribution >= 4 is 17.8 Å². The molecule has 0 fully saturated rings. The molecule has 2 aromatic rings. The lowest BCUT2D eigenvalue weighted by atomic mass is 10.1. The fraction of sp³-hybridized carbons (Fsp3) is 0.421. The number of nitrogens with one attached hydrogen (secondary N) is 2. The van der Waals surface area contributed by atoms with E-state index in [1.165, 1.54) is 18.3 Å². The van der Waals surface area contributed by atoms with E-state index in [2.05, 4.69) is 10.3 Å². The van der Waals surface area contributed by atoms with Crippen LogP contribution in [0.5, 0.6) is 0 Å². The molecule has 8 nitrogen and oxygen atoms in total. The Morgan fingerprint density at radius 3 is 2.56 bits per heavy atom. The lowest BCUT2D eigenvalue weighted by Crippen LogP contribution is -2.44. The van der Waals surface area contributed by atoms with E-state index in [1.54, 1.807) is 26.0 Å². The minimum absolute atomic E-state index is 0.0756. The Morgan fingerprint density at radius 1 is 1.30 bits per heavy atom. The zero-order valence-corrected chi connectivity index (χ0v) is 16.2. The van der Waals surface area contributed by atoms with Gasteiger partial charge in [0.15, 0.2) is 5.78 Å². The summed E-state index contributed by atoms with van der Waals surface area (Å²) >= 11 is 0. The number of methoxy groups -OCH3 is 1.